The molecule has 0 N–H and O–H groups in total. The number of thiazole rings is 1. The van der Waals surface area contributed by atoms with Crippen molar-refractivity contribution in [2.24, 2.45) is 4.99 Å². The highest BCUT2D eigenvalue weighted by atomic mass is 32.2. The number of hydrogen-bond donors (Lipinski definition) is 0. The second-order valence-corrected chi connectivity index (χ2v) is 11.1. The smallest absolute Gasteiger partial charge is 0.338 e. The van der Waals surface area contributed by atoms with Crippen molar-refractivity contribution in [3.63, 3.8) is 0 Å². The van der Waals surface area contributed by atoms with Gasteiger partial charge in [0.1, 0.15) is 0 Å². The molecule has 1 heterocycles. The minimum atomic E-state index is -3.36. The molecule has 174 valence electrons. The van der Waals surface area contributed by atoms with E-state index in [1.165, 1.54) is 23.5 Å². The lowest BCUT2D eigenvalue weighted by atomic mass is 10.1. The number of ether oxygens (including phenoxy) is 1. The van der Waals surface area contributed by atoms with E-state index in [1.54, 1.807) is 57.2 Å². The van der Waals surface area contributed by atoms with E-state index < -0.39 is 21.1 Å². The molecule has 0 saturated carbocycles. The molecule has 1 amide bonds. The molecule has 0 saturated heterocycles. The lowest BCUT2D eigenvalue weighted by Gasteiger charge is -2.08. The van der Waals surface area contributed by atoms with Gasteiger partial charge in [-0.15, -0.1) is 6.58 Å². The van der Waals surface area contributed by atoms with Gasteiger partial charge in [0.2, 0.25) is 0 Å². The van der Waals surface area contributed by atoms with Gasteiger partial charge in [0.05, 0.1) is 39.0 Å². The summed E-state index contributed by atoms with van der Waals surface area (Å²) in [5, 5.41) is -0.516. The molecule has 0 aliphatic rings. The highest BCUT2D eigenvalue weighted by Crippen LogP contribution is 2.20. The zero-order valence-electron chi connectivity index (χ0n) is 18.8. The maximum Gasteiger partial charge on any atom is 0.338 e. The number of nitrogens with zero attached hydrogens (tertiary/aromatic N) is 2. The van der Waals surface area contributed by atoms with Gasteiger partial charge in [0.25, 0.3) is 5.91 Å². The first-order valence-corrected chi connectivity index (χ1v) is 12.9. The van der Waals surface area contributed by atoms with E-state index >= 15 is 0 Å². The first-order valence-electron chi connectivity index (χ1n) is 10.5. The number of aromatic nitrogens is 1. The molecular weight excluding hydrogens is 460 g/mol. The predicted molar refractivity (Wildman–Crippen MR) is 129 cm³/mol. The van der Waals surface area contributed by atoms with Crippen LogP contribution in [0.4, 0.5) is 0 Å². The Kier molecular flexibility index (Phi) is 7.65. The second-order valence-electron chi connectivity index (χ2n) is 7.61. The third-order valence-electron chi connectivity index (χ3n) is 4.95. The van der Waals surface area contributed by atoms with Gasteiger partial charge in [0.15, 0.2) is 14.6 Å². The molecule has 3 aromatic rings. The molecule has 0 aliphatic heterocycles. The molecular formula is C24H26N2O5S2. The zero-order valence-corrected chi connectivity index (χ0v) is 20.4. The number of hydrogen-bond acceptors (Lipinski definition) is 6. The van der Waals surface area contributed by atoms with Gasteiger partial charge in [-0.25, -0.2) is 13.2 Å². The van der Waals surface area contributed by atoms with E-state index in [4.69, 9.17) is 4.74 Å². The maximum atomic E-state index is 12.7. The molecule has 0 unspecified atom stereocenters. The molecule has 0 spiro atoms. The number of carbonyl (C=O) groups is 2. The molecule has 7 nitrogen and oxygen atoms in total. The quantitative estimate of drug-likeness (QED) is 0.355. The van der Waals surface area contributed by atoms with E-state index in [-0.39, 0.29) is 23.8 Å². The van der Waals surface area contributed by atoms with Crippen molar-refractivity contribution >= 4 is 43.3 Å². The predicted octanol–water partition coefficient (Wildman–Crippen LogP) is 3.92. The molecule has 33 heavy (non-hydrogen) atoms. The molecule has 0 bridgehead atoms. The largest absolute Gasteiger partial charge is 0.462 e. The van der Waals surface area contributed by atoms with Crippen LogP contribution in [0.15, 0.2) is 65.0 Å². The summed E-state index contributed by atoms with van der Waals surface area (Å²) in [5.41, 5.74) is 1.95. The van der Waals surface area contributed by atoms with Crippen molar-refractivity contribution < 1.29 is 22.7 Å². The number of allylic oxidation sites excluding steroid dienone is 1. The van der Waals surface area contributed by atoms with Gasteiger partial charge in [-0.05, 0) is 56.7 Å². The van der Waals surface area contributed by atoms with Crippen molar-refractivity contribution in [2.75, 3.05) is 6.61 Å². The van der Waals surface area contributed by atoms with Crippen LogP contribution in [0.2, 0.25) is 0 Å². The van der Waals surface area contributed by atoms with Crippen LogP contribution in [-0.2, 0) is 32.3 Å². The summed E-state index contributed by atoms with van der Waals surface area (Å²) in [5.74, 6) is -0.759. The highest BCUT2D eigenvalue weighted by Gasteiger charge is 2.19. The summed E-state index contributed by atoms with van der Waals surface area (Å²) in [6.07, 6.45) is 1.75. The standard InChI is InChI=1S/C24H26N2O5S2/c1-5-13-26-20-12-9-18(23(28)31-6-2)15-21(20)32-24(26)25-22(27)14-17-7-10-19(11-8-17)33(29,30)16(3)4/h5,7-12,15-16H,1,6,13-14H2,2-4H3. The van der Waals surface area contributed by atoms with Crippen molar-refractivity contribution in [3.8, 4) is 0 Å². The number of fused-ring (bicyclic) bond motifs is 1. The van der Waals surface area contributed by atoms with E-state index in [1.807, 2.05) is 4.57 Å². The number of carbonyl (C=O) groups excluding carboxylic acids is 2. The summed E-state index contributed by atoms with van der Waals surface area (Å²) in [7, 11) is -3.36. The first kappa shape index (κ1) is 24.6. The van der Waals surface area contributed by atoms with Crippen LogP contribution in [0, 0.1) is 0 Å². The Bertz CT molecular complexity index is 1360. The normalized spacial score (nSPS) is 12.3. The van der Waals surface area contributed by atoms with Crippen molar-refractivity contribution in [3.05, 3.63) is 71.0 Å². The van der Waals surface area contributed by atoms with Crippen LogP contribution < -0.4 is 4.80 Å². The Morgan fingerprint density at radius 1 is 1.18 bits per heavy atom. The monoisotopic (exact) mass is 486 g/mol. The summed E-state index contributed by atoms with van der Waals surface area (Å²) < 4.78 is 32.3. The molecule has 2 aromatic carbocycles. The minimum Gasteiger partial charge on any atom is -0.462 e. The lowest BCUT2D eigenvalue weighted by Crippen LogP contribution is -2.17. The van der Waals surface area contributed by atoms with Crippen LogP contribution in [0.3, 0.4) is 0 Å². The van der Waals surface area contributed by atoms with Crippen LogP contribution in [0.5, 0.6) is 0 Å². The van der Waals surface area contributed by atoms with Gasteiger partial charge in [0, 0.05) is 6.54 Å². The Labute approximate surface area is 197 Å². The van der Waals surface area contributed by atoms with E-state index in [0.29, 0.717) is 22.5 Å². The summed E-state index contributed by atoms with van der Waals surface area (Å²) in [6, 6.07) is 11.5. The lowest BCUT2D eigenvalue weighted by molar-refractivity contribution is -0.117. The molecule has 0 fully saturated rings. The van der Waals surface area contributed by atoms with E-state index in [0.717, 1.165) is 10.2 Å². The maximum absolute atomic E-state index is 12.7. The fourth-order valence-electron chi connectivity index (χ4n) is 3.20. The average Bonchev–Trinajstić information content (AvgIpc) is 3.10. The number of esters is 1. The fourth-order valence-corrected chi connectivity index (χ4v) is 5.35. The molecule has 0 radical (unpaired) electrons. The van der Waals surface area contributed by atoms with Gasteiger partial charge in [-0.1, -0.05) is 29.5 Å². The van der Waals surface area contributed by atoms with Crippen LogP contribution in [-0.4, -0.2) is 36.7 Å². The number of rotatable bonds is 8. The zero-order chi connectivity index (χ0) is 24.2. The Hall–Kier alpha value is -3.04. The topological polar surface area (TPSA) is 94.8 Å². The minimum absolute atomic E-state index is 0.0401. The average molecular weight is 487 g/mol. The number of benzene rings is 2. The summed E-state index contributed by atoms with van der Waals surface area (Å²) in [4.78, 5) is 29.7. The SMILES string of the molecule is C=CCn1c(=NC(=O)Cc2ccc(S(=O)(=O)C(C)C)cc2)sc2cc(C(=O)OCC)ccc21. The summed E-state index contributed by atoms with van der Waals surface area (Å²) >= 11 is 1.30. The van der Waals surface area contributed by atoms with E-state index in [9.17, 15) is 18.0 Å². The highest BCUT2D eigenvalue weighted by molar-refractivity contribution is 7.92. The first-order chi connectivity index (χ1) is 15.7. The molecule has 1 aromatic heterocycles. The Morgan fingerprint density at radius 3 is 2.48 bits per heavy atom. The Balaban J connectivity index is 1.91. The van der Waals surface area contributed by atoms with Gasteiger partial charge in [-0.2, -0.15) is 4.99 Å². The van der Waals surface area contributed by atoms with Crippen molar-refractivity contribution in [1.82, 2.24) is 4.57 Å². The van der Waals surface area contributed by atoms with Gasteiger partial charge < -0.3 is 9.30 Å². The molecule has 3 rings (SSSR count). The molecule has 0 aliphatic carbocycles. The number of amides is 1. The molecule has 0 atom stereocenters. The van der Waals surface area contributed by atoms with Crippen LogP contribution >= 0.6 is 11.3 Å². The van der Waals surface area contributed by atoms with Gasteiger partial charge >= 0.3 is 5.97 Å². The summed E-state index contributed by atoms with van der Waals surface area (Å²) in [6.45, 7) is 9.52. The third kappa shape index (κ3) is 5.48. The Morgan fingerprint density at radius 2 is 1.88 bits per heavy atom. The van der Waals surface area contributed by atoms with Crippen LogP contribution in [0.25, 0.3) is 10.2 Å². The second kappa shape index (κ2) is 10.3. The number of sulfone groups is 1. The van der Waals surface area contributed by atoms with E-state index in [2.05, 4.69) is 11.6 Å². The van der Waals surface area contributed by atoms with Gasteiger partial charge in [-0.3, -0.25) is 4.79 Å². The fraction of sp³-hybridized carbons (Fsp3) is 0.292. The van der Waals surface area contributed by atoms with Crippen molar-refractivity contribution in [2.45, 2.75) is 43.9 Å². The van der Waals surface area contributed by atoms with Crippen LogP contribution in [0.1, 0.15) is 36.7 Å². The molecule has 9 heteroatoms. The third-order valence-corrected chi connectivity index (χ3v) is 8.17. The van der Waals surface area contributed by atoms with Crippen molar-refractivity contribution in [1.29, 1.82) is 0 Å².